The number of rotatable bonds is 13. The molecule has 0 N–H and O–H groups in total. The highest BCUT2D eigenvalue weighted by atomic mass is 28.4. The molecule has 13 heteroatoms. The molecular weight excluding hydrogens is 484 g/mol. The van der Waals surface area contributed by atoms with Crippen molar-refractivity contribution in [3.63, 3.8) is 0 Å². The second-order valence-corrected chi connectivity index (χ2v) is 15.7. The normalized spacial score (nSPS) is 11.3. The van der Waals surface area contributed by atoms with Gasteiger partial charge in [0.05, 0.1) is 0 Å². The van der Waals surface area contributed by atoms with Gasteiger partial charge in [0, 0.05) is 111 Å². The molecule has 0 radical (unpaired) electrons. The highest BCUT2D eigenvalue weighted by Crippen LogP contribution is 2.15. The van der Waals surface area contributed by atoms with Crippen molar-refractivity contribution in [2.24, 2.45) is 9.98 Å². The minimum absolute atomic E-state index is 0.733. The minimum Gasteiger partial charge on any atom is -0.398 e. The van der Waals surface area contributed by atoms with Crippen LogP contribution in [0.1, 0.15) is 12.8 Å². The first-order valence-electron chi connectivity index (χ1n) is 11.8. The van der Waals surface area contributed by atoms with Crippen LogP contribution in [0.15, 0.2) is 9.98 Å². The molecule has 0 saturated heterocycles. The summed E-state index contributed by atoms with van der Waals surface area (Å²) in [6.45, 7) is 3.62. The maximum Gasteiger partial charge on any atom is 0.500 e. The molecule has 0 amide bonds. The van der Waals surface area contributed by atoms with Crippen LogP contribution in [-0.4, -0.2) is 154 Å². The highest BCUT2D eigenvalue weighted by Gasteiger charge is 2.36. The zero-order chi connectivity index (χ0) is 27.7. The molecule has 210 valence electrons. The Bertz CT molecular complexity index is 571. The molecule has 0 aliphatic rings. The summed E-state index contributed by atoms with van der Waals surface area (Å²) in [4.78, 5) is 17.1. The van der Waals surface area contributed by atoms with E-state index < -0.39 is 17.4 Å². The van der Waals surface area contributed by atoms with E-state index in [9.17, 15) is 0 Å². The summed E-state index contributed by atoms with van der Waals surface area (Å²) in [5.74, 6) is 1.94. The Morgan fingerprint density at radius 1 is 0.543 bits per heavy atom. The van der Waals surface area contributed by atoms with Crippen LogP contribution in [0.4, 0.5) is 0 Å². The Hall–Kier alpha value is -1.23. The van der Waals surface area contributed by atoms with E-state index in [0.717, 1.165) is 49.9 Å². The summed E-state index contributed by atoms with van der Waals surface area (Å²) < 4.78 is 27.0. The molecule has 0 aromatic rings. The molecule has 0 fully saturated rings. The first-order valence-corrected chi connectivity index (χ1v) is 16.3. The lowest BCUT2D eigenvalue weighted by molar-refractivity contribution is 0.123. The van der Waals surface area contributed by atoms with E-state index in [1.165, 1.54) is 0 Å². The number of aliphatic imine (C=N–C) groups is 2. The van der Waals surface area contributed by atoms with Crippen molar-refractivity contribution in [3.8, 4) is 0 Å². The van der Waals surface area contributed by atoms with Gasteiger partial charge in [-0.2, -0.15) is 0 Å². The molecular formula is C22H54N6O5Si2. The molecule has 0 unspecified atom stereocenters. The van der Waals surface area contributed by atoms with Gasteiger partial charge in [0.2, 0.25) is 0 Å². The Balaban J connectivity index is 0. The van der Waals surface area contributed by atoms with Crippen molar-refractivity contribution < 1.29 is 22.1 Å². The fraction of sp³-hybridized carbons (Fsp3) is 0.909. The third kappa shape index (κ3) is 14.8. The van der Waals surface area contributed by atoms with Crippen molar-refractivity contribution in [2.45, 2.75) is 31.5 Å². The van der Waals surface area contributed by atoms with Gasteiger partial charge in [-0.05, 0) is 25.4 Å². The zero-order valence-corrected chi connectivity index (χ0v) is 27.0. The van der Waals surface area contributed by atoms with E-state index in [1.54, 1.807) is 35.5 Å². The summed E-state index contributed by atoms with van der Waals surface area (Å²) in [5, 5.41) is 0. The van der Waals surface area contributed by atoms with Crippen molar-refractivity contribution in [1.29, 1.82) is 0 Å². The second kappa shape index (κ2) is 19.0. The van der Waals surface area contributed by atoms with Crippen molar-refractivity contribution >= 4 is 29.3 Å². The molecule has 0 saturated carbocycles. The molecule has 0 rings (SSSR count). The van der Waals surface area contributed by atoms with Crippen LogP contribution in [0.25, 0.3) is 0 Å². The SMILES string of the molecule is CO[Si](C)(CCCN=C(N(C)C)N(C)C)OC.CO[Si](CCCN=C(N(C)C)N(C)C)(OC)OC. The van der Waals surface area contributed by atoms with E-state index in [-0.39, 0.29) is 0 Å². The van der Waals surface area contributed by atoms with E-state index in [2.05, 4.69) is 16.5 Å². The highest BCUT2D eigenvalue weighted by molar-refractivity contribution is 6.65. The molecule has 0 bridgehead atoms. The third-order valence-corrected chi connectivity index (χ3v) is 11.2. The lowest BCUT2D eigenvalue weighted by Crippen LogP contribution is -2.42. The average molecular weight is 539 g/mol. The molecule has 0 spiro atoms. The lowest BCUT2D eigenvalue weighted by atomic mass is 10.5. The van der Waals surface area contributed by atoms with Crippen LogP contribution in [-0.2, 0) is 22.1 Å². The molecule has 35 heavy (non-hydrogen) atoms. The van der Waals surface area contributed by atoms with Crippen LogP contribution in [0.2, 0.25) is 18.6 Å². The first-order chi connectivity index (χ1) is 16.3. The average Bonchev–Trinajstić information content (AvgIpc) is 2.81. The van der Waals surface area contributed by atoms with Gasteiger partial charge in [0.25, 0.3) is 0 Å². The van der Waals surface area contributed by atoms with Crippen molar-refractivity contribution in [1.82, 2.24) is 19.6 Å². The van der Waals surface area contributed by atoms with Crippen molar-refractivity contribution in [2.75, 3.05) is 105 Å². The van der Waals surface area contributed by atoms with E-state index in [1.807, 2.05) is 76.0 Å². The van der Waals surface area contributed by atoms with Crippen LogP contribution in [0, 0.1) is 0 Å². The Kier molecular flexibility index (Phi) is 19.5. The quantitative estimate of drug-likeness (QED) is 0.151. The lowest BCUT2D eigenvalue weighted by Gasteiger charge is -2.25. The first kappa shape index (κ1) is 35.9. The summed E-state index contributed by atoms with van der Waals surface area (Å²) in [5.41, 5.74) is 0. The monoisotopic (exact) mass is 538 g/mol. The fourth-order valence-electron chi connectivity index (χ4n) is 3.26. The predicted molar refractivity (Wildman–Crippen MR) is 151 cm³/mol. The number of hydrogen-bond donors (Lipinski definition) is 0. The standard InChI is InChI=1S/C11H27N3O3Si.C11H27N3O2Si/c1-13(2)11(14(3)4)12-9-8-10-18(15-5,16-6)17-7;1-13(2)11(14(3)4)12-9-8-10-17(7,15-5)16-6/h8-10H2,1-7H3;8-10H2,1-7H3. The van der Waals surface area contributed by atoms with Gasteiger partial charge in [-0.3, -0.25) is 9.98 Å². The molecule has 0 aromatic carbocycles. The summed E-state index contributed by atoms with van der Waals surface area (Å²) in [7, 11) is 19.9. The summed E-state index contributed by atoms with van der Waals surface area (Å²) in [6, 6.07) is 1.74. The van der Waals surface area contributed by atoms with Gasteiger partial charge in [-0.25, -0.2) is 0 Å². The van der Waals surface area contributed by atoms with Gasteiger partial charge in [-0.15, -0.1) is 0 Å². The van der Waals surface area contributed by atoms with Gasteiger partial charge in [0.1, 0.15) is 0 Å². The Morgan fingerprint density at radius 2 is 0.857 bits per heavy atom. The number of guanidine groups is 2. The van der Waals surface area contributed by atoms with Gasteiger partial charge in [0.15, 0.2) is 11.9 Å². The van der Waals surface area contributed by atoms with Gasteiger partial charge in [-0.1, -0.05) is 0 Å². The van der Waals surface area contributed by atoms with Gasteiger partial charge < -0.3 is 41.7 Å². The van der Waals surface area contributed by atoms with E-state index in [4.69, 9.17) is 22.1 Å². The summed E-state index contributed by atoms with van der Waals surface area (Å²) >= 11 is 0. The largest absolute Gasteiger partial charge is 0.500 e. The number of nitrogens with zero attached hydrogens (tertiary/aromatic N) is 6. The van der Waals surface area contributed by atoms with Crippen LogP contribution in [0.5, 0.6) is 0 Å². The van der Waals surface area contributed by atoms with Crippen molar-refractivity contribution in [3.05, 3.63) is 0 Å². The maximum absolute atomic E-state index is 5.44. The Morgan fingerprint density at radius 3 is 1.11 bits per heavy atom. The van der Waals surface area contributed by atoms with Crippen LogP contribution in [0.3, 0.4) is 0 Å². The Labute approximate surface area is 217 Å². The fourth-order valence-corrected chi connectivity index (χ4v) is 6.34. The van der Waals surface area contributed by atoms with Gasteiger partial charge >= 0.3 is 17.4 Å². The molecule has 11 nitrogen and oxygen atoms in total. The van der Waals surface area contributed by atoms with E-state index in [0.29, 0.717) is 0 Å². The zero-order valence-electron chi connectivity index (χ0n) is 25.0. The second-order valence-electron chi connectivity index (χ2n) is 8.99. The predicted octanol–water partition coefficient (Wildman–Crippen LogP) is 1.95. The molecule has 0 aromatic heterocycles. The maximum atomic E-state index is 5.44. The minimum atomic E-state index is -2.44. The smallest absolute Gasteiger partial charge is 0.398 e. The molecule has 0 atom stereocenters. The molecule has 0 aliphatic carbocycles. The molecule has 0 aliphatic heterocycles. The van der Waals surface area contributed by atoms with Crippen LogP contribution < -0.4 is 0 Å². The third-order valence-electron chi connectivity index (χ3n) is 5.33. The molecule has 0 heterocycles. The number of hydrogen-bond acceptors (Lipinski definition) is 7. The topological polar surface area (TPSA) is 83.8 Å². The summed E-state index contributed by atoms with van der Waals surface area (Å²) in [6.07, 6.45) is 1.88. The van der Waals surface area contributed by atoms with Crippen LogP contribution >= 0.6 is 0 Å². The van der Waals surface area contributed by atoms with E-state index >= 15 is 0 Å².